The second-order valence-electron chi connectivity index (χ2n) is 3.63. The van der Waals surface area contributed by atoms with Crippen LogP contribution in [0.25, 0.3) is 0 Å². The molecule has 1 nitrogen and oxygen atoms in total. The molecule has 80 valence electrons. The Bertz CT molecular complexity index is 204. The van der Waals surface area contributed by atoms with Crippen molar-refractivity contribution in [3.05, 3.63) is 35.9 Å². The van der Waals surface area contributed by atoms with Gasteiger partial charge in [-0.25, -0.2) is 0 Å². The van der Waals surface area contributed by atoms with Crippen molar-refractivity contribution in [2.75, 3.05) is 20.6 Å². The minimum atomic E-state index is 1.14. The average Bonchev–Trinajstić information content (AvgIpc) is 2.21. The summed E-state index contributed by atoms with van der Waals surface area (Å²) in [7, 11) is 4.11. The molecule has 0 saturated heterocycles. The fourth-order valence-electron chi connectivity index (χ4n) is 0.933. The third-order valence-electron chi connectivity index (χ3n) is 2.01. The fraction of sp³-hybridized carbons (Fsp3) is 0.538. The smallest absolute Gasteiger partial charge is 0.00533 e. The normalized spacial score (nSPS) is 9.50. The molecule has 14 heavy (non-hydrogen) atoms. The van der Waals surface area contributed by atoms with E-state index in [1.54, 1.807) is 0 Å². The van der Waals surface area contributed by atoms with E-state index in [0.29, 0.717) is 0 Å². The van der Waals surface area contributed by atoms with Crippen molar-refractivity contribution < 1.29 is 0 Å². The Kier molecular flexibility index (Phi) is 8.25. The first-order valence-corrected chi connectivity index (χ1v) is 5.39. The fourth-order valence-corrected chi connectivity index (χ4v) is 0.933. The first-order valence-electron chi connectivity index (χ1n) is 5.39. The zero-order chi connectivity index (χ0) is 10.8. The summed E-state index contributed by atoms with van der Waals surface area (Å²) in [4.78, 5) is 2.12. The molecule has 0 aliphatic heterocycles. The van der Waals surface area contributed by atoms with E-state index in [9.17, 15) is 0 Å². The molecule has 0 bridgehead atoms. The van der Waals surface area contributed by atoms with Gasteiger partial charge in [-0.1, -0.05) is 50.6 Å². The van der Waals surface area contributed by atoms with Gasteiger partial charge in [-0.15, -0.1) is 0 Å². The molecule has 1 aromatic carbocycles. The lowest BCUT2D eigenvalue weighted by atomic mass is 10.1. The van der Waals surface area contributed by atoms with Crippen LogP contribution < -0.4 is 0 Å². The lowest BCUT2D eigenvalue weighted by Gasteiger charge is -2.00. The molecule has 0 amide bonds. The molecule has 0 heterocycles. The second kappa shape index (κ2) is 8.76. The van der Waals surface area contributed by atoms with E-state index < -0.39 is 0 Å². The van der Waals surface area contributed by atoms with Crippen LogP contribution >= 0.6 is 0 Å². The van der Waals surface area contributed by atoms with E-state index in [2.05, 4.69) is 63.2 Å². The Morgan fingerprint density at radius 1 is 1.00 bits per heavy atom. The Morgan fingerprint density at radius 2 is 1.50 bits per heavy atom. The molecule has 1 rings (SSSR count). The molecule has 0 saturated carbocycles. The number of hydrogen-bond acceptors (Lipinski definition) is 1. The molecule has 1 aromatic rings. The van der Waals surface area contributed by atoms with Gasteiger partial charge in [-0.3, -0.25) is 0 Å². The van der Waals surface area contributed by atoms with Gasteiger partial charge in [-0.05, 0) is 32.6 Å². The van der Waals surface area contributed by atoms with E-state index in [-0.39, 0.29) is 0 Å². The largest absolute Gasteiger partial charge is 0.310 e. The molecule has 0 radical (unpaired) electrons. The number of aryl methyl sites for hydroxylation is 1. The molecular formula is C13H23N. The first-order chi connectivity index (χ1) is 6.70. The SMILES string of the molecule is CCCc1ccccc1.CCN(C)C. The molecular weight excluding hydrogens is 170 g/mol. The summed E-state index contributed by atoms with van der Waals surface area (Å²) in [6, 6.07) is 10.6. The molecule has 0 N–H and O–H groups in total. The summed E-state index contributed by atoms with van der Waals surface area (Å²) < 4.78 is 0. The van der Waals surface area contributed by atoms with Crippen LogP contribution in [-0.4, -0.2) is 25.5 Å². The molecule has 0 aliphatic carbocycles. The summed E-state index contributed by atoms with van der Waals surface area (Å²) in [5, 5.41) is 0. The highest BCUT2D eigenvalue weighted by atomic mass is 15.0. The van der Waals surface area contributed by atoms with Crippen LogP contribution in [0, 0.1) is 0 Å². The number of nitrogens with zero attached hydrogens (tertiary/aromatic N) is 1. The van der Waals surface area contributed by atoms with Gasteiger partial charge >= 0.3 is 0 Å². The summed E-state index contributed by atoms with van der Waals surface area (Å²) in [6.07, 6.45) is 2.45. The third-order valence-corrected chi connectivity index (χ3v) is 2.01. The Hall–Kier alpha value is -0.820. The van der Waals surface area contributed by atoms with Crippen molar-refractivity contribution >= 4 is 0 Å². The predicted octanol–water partition coefficient (Wildman–Crippen LogP) is 3.21. The van der Waals surface area contributed by atoms with Crippen LogP contribution in [0.4, 0.5) is 0 Å². The van der Waals surface area contributed by atoms with Crippen LogP contribution in [-0.2, 0) is 6.42 Å². The Balaban J connectivity index is 0.000000292. The maximum Gasteiger partial charge on any atom is -0.00533 e. The average molecular weight is 193 g/mol. The lowest BCUT2D eigenvalue weighted by Crippen LogP contribution is -2.08. The van der Waals surface area contributed by atoms with Gasteiger partial charge in [0.15, 0.2) is 0 Å². The van der Waals surface area contributed by atoms with Gasteiger partial charge in [0, 0.05) is 0 Å². The Morgan fingerprint density at radius 3 is 1.86 bits per heavy atom. The summed E-state index contributed by atoms with van der Waals surface area (Å²) in [6.45, 7) is 5.47. The van der Waals surface area contributed by atoms with Crippen LogP contribution in [0.3, 0.4) is 0 Å². The quantitative estimate of drug-likeness (QED) is 0.712. The molecule has 0 fully saturated rings. The van der Waals surface area contributed by atoms with Crippen molar-refractivity contribution in [1.29, 1.82) is 0 Å². The van der Waals surface area contributed by atoms with Crippen molar-refractivity contribution in [1.82, 2.24) is 4.90 Å². The molecule has 0 spiro atoms. The van der Waals surface area contributed by atoms with E-state index in [4.69, 9.17) is 0 Å². The highest BCUT2D eigenvalue weighted by molar-refractivity contribution is 5.14. The van der Waals surface area contributed by atoms with Crippen molar-refractivity contribution in [3.8, 4) is 0 Å². The zero-order valence-corrected chi connectivity index (χ0v) is 9.96. The van der Waals surface area contributed by atoms with Gasteiger partial charge in [0.05, 0.1) is 0 Å². The van der Waals surface area contributed by atoms with Gasteiger partial charge in [0.25, 0.3) is 0 Å². The zero-order valence-electron chi connectivity index (χ0n) is 9.96. The molecule has 0 aromatic heterocycles. The highest BCUT2D eigenvalue weighted by Crippen LogP contribution is 2.00. The van der Waals surface area contributed by atoms with E-state index in [1.807, 2.05) is 0 Å². The van der Waals surface area contributed by atoms with Gasteiger partial charge in [-0.2, -0.15) is 0 Å². The number of benzene rings is 1. The van der Waals surface area contributed by atoms with Crippen molar-refractivity contribution in [2.45, 2.75) is 26.7 Å². The highest BCUT2D eigenvalue weighted by Gasteiger charge is 1.84. The van der Waals surface area contributed by atoms with Gasteiger partial charge in [0.2, 0.25) is 0 Å². The predicted molar refractivity (Wildman–Crippen MR) is 64.7 cm³/mol. The molecule has 1 heteroatoms. The third kappa shape index (κ3) is 7.81. The lowest BCUT2D eigenvalue weighted by molar-refractivity contribution is 0.434. The van der Waals surface area contributed by atoms with E-state index >= 15 is 0 Å². The minimum absolute atomic E-state index is 1.14. The molecule has 0 atom stereocenters. The van der Waals surface area contributed by atoms with Crippen molar-refractivity contribution in [3.63, 3.8) is 0 Å². The Labute approximate surface area is 88.8 Å². The monoisotopic (exact) mass is 193 g/mol. The van der Waals surface area contributed by atoms with Crippen LogP contribution in [0.2, 0.25) is 0 Å². The standard InChI is InChI=1S/C9H12.C4H11N/c1-2-6-9-7-4-3-5-8-9;1-4-5(2)3/h3-5,7-8H,2,6H2,1H3;4H2,1-3H3. The number of hydrogen-bond donors (Lipinski definition) is 0. The minimum Gasteiger partial charge on any atom is -0.310 e. The van der Waals surface area contributed by atoms with Crippen LogP contribution in [0.5, 0.6) is 0 Å². The maximum absolute atomic E-state index is 2.20. The molecule has 0 unspecified atom stereocenters. The van der Waals surface area contributed by atoms with Gasteiger partial charge < -0.3 is 4.90 Å². The topological polar surface area (TPSA) is 3.24 Å². The van der Waals surface area contributed by atoms with Crippen molar-refractivity contribution in [2.24, 2.45) is 0 Å². The summed E-state index contributed by atoms with van der Waals surface area (Å²) >= 11 is 0. The summed E-state index contributed by atoms with van der Waals surface area (Å²) in [5.41, 5.74) is 1.44. The maximum atomic E-state index is 2.20. The van der Waals surface area contributed by atoms with Crippen LogP contribution in [0.1, 0.15) is 25.8 Å². The van der Waals surface area contributed by atoms with E-state index in [1.165, 1.54) is 18.4 Å². The molecule has 0 aliphatic rings. The number of rotatable bonds is 3. The second-order valence-corrected chi connectivity index (χ2v) is 3.63. The van der Waals surface area contributed by atoms with Crippen LogP contribution in [0.15, 0.2) is 30.3 Å². The van der Waals surface area contributed by atoms with Gasteiger partial charge in [0.1, 0.15) is 0 Å². The summed E-state index contributed by atoms with van der Waals surface area (Å²) in [5.74, 6) is 0. The van der Waals surface area contributed by atoms with E-state index in [0.717, 1.165) is 6.54 Å². The first kappa shape index (κ1) is 13.2.